The van der Waals surface area contributed by atoms with E-state index in [1.807, 2.05) is 24.3 Å². The van der Waals surface area contributed by atoms with E-state index in [9.17, 15) is 4.79 Å². The van der Waals surface area contributed by atoms with E-state index < -0.39 is 0 Å². The molecule has 1 amide bonds. The number of hydrogen-bond donors (Lipinski definition) is 2. The summed E-state index contributed by atoms with van der Waals surface area (Å²) in [5, 5.41) is 12.7. The van der Waals surface area contributed by atoms with Crippen molar-refractivity contribution in [1.29, 1.82) is 0 Å². The highest BCUT2D eigenvalue weighted by Gasteiger charge is 2.21. The molecule has 1 aliphatic rings. The third-order valence-corrected chi connectivity index (χ3v) is 8.54. The summed E-state index contributed by atoms with van der Waals surface area (Å²) in [5.41, 5.74) is 6.13. The van der Waals surface area contributed by atoms with Crippen molar-refractivity contribution < 1.29 is 14.7 Å². The van der Waals surface area contributed by atoms with Crippen LogP contribution in [0.4, 0.5) is 0 Å². The molecule has 0 heterocycles. The van der Waals surface area contributed by atoms with Gasteiger partial charge in [0.25, 0.3) is 12.4 Å². The fraction of sp³-hybridized carbons (Fsp3) is 0.333. The molecule has 0 radical (unpaired) electrons. The van der Waals surface area contributed by atoms with E-state index in [2.05, 4.69) is 104 Å². The molecule has 1 aliphatic carbocycles. The standard InChI is InChI=1S/C35H38N2OS.C3H8.CH2O2/c36-39-33-21-9-20-32(26-33)35(38)37(23-10-12-27-11-7-19-31(25-27)28-17-8-18-28)24-22-34(29-13-3-1-4-14-29)30-15-5-2-6-16-30;1-3-2;2-1-3/h1-7,9,11,13-16,19-21,25-26,28,34H,8,10,12,17-18,22-24,36H2;3H2,1-2H3;1H,(H,2,3). The average Bonchev–Trinajstić information content (AvgIpc) is 3.05. The minimum Gasteiger partial charge on any atom is -0.483 e. The van der Waals surface area contributed by atoms with Crippen molar-refractivity contribution in [3.63, 3.8) is 0 Å². The first kappa shape index (κ1) is 35.6. The monoisotopic (exact) mass is 624 g/mol. The second-order valence-corrected chi connectivity index (χ2v) is 12.1. The molecule has 4 aromatic rings. The Balaban J connectivity index is 0.000000853. The molecule has 0 unspecified atom stereocenters. The van der Waals surface area contributed by atoms with Gasteiger partial charge in [0, 0.05) is 29.5 Å². The molecule has 1 saturated carbocycles. The van der Waals surface area contributed by atoms with Crippen LogP contribution in [0.3, 0.4) is 0 Å². The molecule has 0 saturated heterocycles. The van der Waals surface area contributed by atoms with Crippen molar-refractivity contribution in [1.82, 2.24) is 4.90 Å². The zero-order chi connectivity index (χ0) is 32.3. The summed E-state index contributed by atoms with van der Waals surface area (Å²) in [4.78, 5) is 25.1. The van der Waals surface area contributed by atoms with Gasteiger partial charge in [0.2, 0.25) is 0 Å². The number of carbonyl (C=O) groups excluding carboxylic acids is 1. The van der Waals surface area contributed by atoms with Crippen molar-refractivity contribution >= 4 is 24.3 Å². The maximum absolute atomic E-state index is 13.8. The predicted molar refractivity (Wildman–Crippen MR) is 188 cm³/mol. The lowest BCUT2D eigenvalue weighted by Gasteiger charge is -2.27. The number of aryl methyl sites for hydroxylation is 1. The van der Waals surface area contributed by atoms with Crippen LogP contribution in [0.15, 0.2) is 114 Å². The van der Waals surface area contributed by atoms with Crippen LogP contribution in [0.25, 0.3) is 0 Å². The molecular weight excluding hydrogens is 577 g/mol. The Bertz CT molecular complexity index is 1370. The van der Waals surface area contributed by atoms with E-state index in [-0.39, 0.29) is 18.3 Å². The smallest absolute Gasteiger partial charge is 0.290 e. The van der Waals surface area contributed by atoms with Crippen molar-refractivity contribution in [2.24, 2.45) is 5.14 Å². The molecular formula is C39H48N2O3S. The van der Waals surface area contributed by atoms with Gasteiger partial charge in [-0.1, -0.05) is 118 Å². The van der Waals surface area contributed by atoms with E-state index in [1.54, 1.807) is 0 Å². The molecule has 0 aromatic heterocycles. The van der Waals surface area contributed by atoms with Crippen LogP contribution >= 0.6 is 11.9 Å². The van der Waals surface area contributed by atoms with Crippen LogP contribution in [0.2, 0.25) is 0 Å². The highest BCUT2D eigenvalue weighted by molar-refractivity contribution is 7.97. The quantitative estimate of drug-likeness (QED) is 0.121. The van der Waals surface area contributed by atoms with Crippen LogP contribution < -0.4 is 5.14 Å². The lowest BCUT2D eigenvalue weighted by molar-refractivity contribution is -0.122. The highest BCUT2D eigenvalue weighted by Crippen LogP contribution is 2.36. The first-order chi connectivity index (χ1) is 22.0. The number of nitrogens with zero attached hydrogens (tertiary/aromatic N) is 1. The molecule has 45 heavy (non-hydrogen) atoms. The van der Waals surface area contributed by atoms with Gasteiger partial charge in [-0.3, -0.25) is 14.7 Å². The van der Waals surface area contributed by atoms with Gasteiger partial charge in [-0.2, -0.15) is 0 Å². The van der Waals surface area contributed by atoms with E-state index in [0.29, 0.717) is 12.1 Å². The fourth-order valence-electron chi connectivity index (χ4n) is 5.60. The molecule has 3 N–H and O–H groups in total. The number of carboxylic acid groups (broad SMARTS) is 1. The summed E-state index contributed by atoms with van der Waals surface area (Å²) >= 11 is 1.18. The van der Waals surface area contributed by atoms with E-state index >= 15 is 0 Å². The van der Waals surface area contributed by atoms with E-state index in [1.165, 1.54) is 59.9 Å². The summed E-state index contributed by atoms with van der Waals surface area (Å²) in [6, 6.07) is 38.1. The van der Waals surface area contributed by atoms with E-state index in [0.717, 1.165) is 36.6 Å². The molecule has 4 aromatic carbocycles. The zero-order valence-corrected chi connectivity index (χ0v) is 27.5. The Labute approximate surface area is 274 Å². The van der Waals surface area contributed by atoms with E-state index in [4.69, 9.17) is 15.0 Å². The summed E-state index contributed by atoms with van der Waals surface area (Å²) in [6.45, 7) is 5.41. The second-order valence-electron chi connectivity index (χ2n) is 11.4. The predicted octanol–water partition coefficient (Wildman–Crippen LogP) is 9.33. The number of hydrogen-bond acceptors (Lipinski definition) is 4. The summed E-state index contributed by atoms with van der Waals surface area (Å²) in [5.74, 6) is 1.05. The number of rotatable bonds is 12. The van der Waals surface area contributed by atoms with Crippen molar-refractivity contribution in [2.45, 2.75) is 75.5 Å². The SMILES string of the molecule is CCC.NSc1cccc(C(=O)N(CCCc2cccc(C3CCC3)c2)CCC(c2ccccc2)c2ccccc2)c1.O=CO. The average molecular weight is 625 g/mol. The normalized spacial score (nSPS) is 12.2. The van der Waals surface area contributed by atoms with Gasteiger partial charge in [-0.05, 0) is 90.4 Å². The van der Waals surface area contributed by atoms with Crippen molar-refractivity contribution in [3.8, 4) is 0 Å². The highest BCUT2D eigenvalue weighted by atomic mass is 32.2. The third-order valence-electron chi connectivity index (χ3n) is 8.02. The van der Waals surface area contributed by atoms with Crippen molar-refractivity contribution in [2.75, 3.05) is 13.1 Å². The maximum atomic E-state index is 13.8. The lowest BCUT2D eigenvalue weighted by Crippen LogP contribution is -2.34. The van der Waals surface area contributed by atoms with Gasteiger partial charge < -0.3 is 10.0 Å². The second kappa shape index (κ2) is 20.2. The van der Waals surface area contributed by atoms with Crippen LogP contribution in [-0.4, -0.2) is 35.5 Å². The van der Waals surface area contributed by atoms with Gasteiger partial charge in [0.05, 0.1) is 0 Å². The number of carbonyl (C=O) groups is 2. The number of benzene rings is 4. The summed E-state index contributed by atoms with van der Waals surface area (Å²) < 4.78 is 0. The lowest BCUT2D eigenvalue weighted by atomic mass is 9.79. The Morgan fingerprint density at radius 3 is 2.04 bits per heavy atom. The Kier molecular flexibility index (Phi) is 16.0. The zero-order valence-electron chi connectivity index (χ0n) is 26.7. The van der Waals surface area contributed by atoms with Gasteiger partial charge in [-0.15, -0.1) is 0 Å². The molecule has 5 nitrogen and oxygen atoms in total. The van der Waals surface area contributed by atoms with Gasteiger partial charge >= 0.3 is 0 Å². The number of amides is 1. The van der Waals surface area contributed by atoms with Gasteiger partial charge in [0.15, 0.2) is 0 Å². The van der Waals surface area contributed by atoms with Crippen LogP contribution in [0.1, 0.15) is 96.8 Å². The van der Waals surface area contributed by atoms with Gasteiger partial charge in [0.1, 0.15) is 0 Å². The molecule has 5 rings (SSSR count). The molecule has 6 heteroatoms. The molecule has 0 aliphatic heterocycles. The molecule has 1 fully saturated rings. The summed E-state index contributed by atoms with van der Waals surface area (Å²) in [6.07, 6.45) is 8.01. The Hall–Kier alpha value is -3.87. The first-order valence-electron chi connectivity index (χ1n) is 16.1. The Morgan fingerprint density at radius 2 is 1.49 bits per heavy atom. The maximum Gasteiger partial charge on any atom is 0.290 e. The molecule has 238 valence electrons. The fourth-order valence-corrected chi connectivity index (χ4v) is 5.95. The number of nitrogens with two attached hydrogens (primary N) is 1. The Morgan fingerprint density at radius 1 is 0.889 bits per heavy atom. The minimum absolute atomic E-state index is 0.0778. The third kappa shape index (κ3) is 11.5. The minimum atomic E-state index is -0.250. The molecule has 0 bridgehead atoms. The summed E-state index contributed by atoms with van der Waals surface area (Å²) in [7, 11) is 0. The largest absolute Gasteiger partial charge is 0.483 e. The van der Waals surface area contributed by atoms with Crippen LogP contribution in [-0.2, 0) is 11.2 Å². The van der Waals surface area contributed by atoms with Gasteiger partial charge in [-0.25, -0.2) is 0 Å². The topological polar surface area (TPSA) is 83.6 Å². The molecule has 0 spiro atoms. The molecule has 0 atom stereocenters. The first-order valence-corrected chi connectivity index (χ1v) is 16.9. The van der Waals surface area contributed by atoms with Crippen LogP contribution in [0, 0.1) is 0 Å². The van der Waals surface area contributed by atoms with Crippen LogP contribution in [0.5, 0.6) is 0 Å². The van der Waals surface area contributed by atoms with Crippen molar-refractivity contribution in [3.05, 3.63) is 137 Å².